The fourth-order valence-electron chi connectivity index (χ4n) is 1.86. The number of anilines is 1. The van der Waals surface area contributed by atoms with Gasteiger partial charge in [0.1, 0.15) is 9.71 Å². The molecule has 0 fully saturated rings. The van der Waals surface area contributed by atoms with E-state index in [2.05, 4.69) is 4.37 Å². The minimum absolute atomic E-state index is 0.375. The van der Waals surface area contributed by atoms with E-state index in [1.54, 1.807) is 11.8 Å². The maximum atomic E-state index is 11.3. The molecule has 21 heavy (non-hydrogen) atoms. The molecule has 0 atom stereocenters. The maximum absolute atomic E-state index is 11.3. The van der Waals surface area contributed by atoms with Crippen molar-refractivity contribution in [2.45, 2.75) is 9.96 Å². The molecule has 2 aromatic heterocycles. The first-order valence-electron chi connectivity index (χ1n) is 5.91. The van der Waals surface area contributed by atoms with E-state index in [4.69, 9.17) is 23.1 Å². The molecule has 0 bridgehead atoms. The molecule has 1 amide bonds. The Bertz CT molecular complexity index is 827. The third kappa shape index (κ3) is 2.74. The Kier molecular flexibility index (Phi) is 4.08. The first-order valence-corrected chi connectivity index (χ1v) is 8.87. The van der Waals surface area contributed by atoms with Crippen molar-refractivity contribution in [3.8, 4) is 0 Å². The lowest BCUT2D eigenvalue weighted by molar-refractivity contribution is 0.100. The standard InChI is InChI=1S/C13H10ClN3OS3/c14-7-4-2-1-3-6(7)5-19-13-8-9(15)10(11(16)18)20-12(8)17-21-13/h1-4H,5,15H2,(H2,16,18). The molecule has 0 radical (unpaired) electrons. The minimum Gasteiger partial charge on any atom is -0.397 e. The van der Waals surface area contributed by atoms with Gasteiger partial charge in [0, 0.05) is 10.8 Å². The number of primary amides is 1. The molecule has 3 aromatic rings. The molecule has 3 rings (SSSR count). The van der Waals surface area contributed by atoms with E-state index < -0.39 is 5.91 Å². The number of carbonyl (C=O) groups is 1. The normalized spacial score (nSPS) is 11.1. The van der Waals surface area contributed by atoms with Crippen LogP contribution in [0.1, 0.15) is 15.2 Å². The smallest absolute Gasteiger partial charge is 0.260 e. The van der Waals surface area contributed by atoms with Crippen LogP contribution in [0.15, 0.2) is 28.5 Å². The molecule has 4 N–H and O–H groups in total. The number of rotatable bonds is 4. The SMILES string of the molecule is NC(=O)c1sc2nsc(SCc3ccccc3Cl)c2c1N. The van der Waals surface area contributed by atoms with Crippen LogP contribution in [0.2, 0.25) is 5.02 Å². The highest BCUT2D eigenvalue weighted by atomic mass is 35.5. The summed E-state index contributed by atoms with van der Waals surface area (Å²) in [4.78, 5) is 12.5. The van der Waals surface area contributed by atoms with Crippen LogP contribution in [0.4, 0.5) is 5.69 Å². The Hall–Kier alpha value is -1.28. The summed E-state index contributed by atoms with van der Waals surface area (Å²) in [6.45, 7) is 0. The largest absolute Gasteiger partial charge is 0.397 e. The molecule has 1 aromatic carbocycles. The first-order chi connectivity index (χ1) is 10.1. The Morgan fingerprint density at radius 3 is 2.86 bits per heavy atom. The van der Waals surface area contributed by atoms with Gasteiger partial charge < -0.3 is 11.5 Å². The van der Waals surface area contributed by atoms with Crippen LogP contribution in [0, 0.1) is 0 Å². The van der Waals surface area contributed by atoms with Crippen molar-refractivity contribution in [1.29, 1.82) is 0 Å². The molecule has 0 saturated heterocycles. The zero-order valence-corrected chi connectivity index (χ0v) is 13.8. The van der Waals surface area contributed by atoms with E-state index in [1.807, 2.05) is 24.3 Å². The highest BCUT2D eigenvalue weighted by Gasteiger charge is 2.20. The number of nitrogens with zero attached hydrogens (tertiary/aromatic N) is 1. The Morgan fingerprint density at radius 1 is 1.38 bits per heavy atom. The predicted octanol–water partition coefficient (Wildman–Crippen LogP) is 3.98. The lowest BCUT2D eigenvalue weighted by Gasteiger charge is -2.02. The van der Waals surface area contributed by atoms with E-state index in [9.17, 15) is 4.79 Å². The zero-order chi connectivity index (χ0) is 15.0. The maximum Gasteiger partial charge on any atom is 0.260 e. The second-order valence-corrected chi connectivity index (χ2v) is 7.66. The summed E-state index contributed by atoms with van der Waals surface area (Å²) in [5, 5.41) is 1.57. The third-order valence-corrected chi connectivity index (χ3v) is 6.62. The summed E-state index contributed by atoms with van der Waals surface area (Å²) in [5.74, 6) is 0.209. The molecule has 0 spiro atoms. The molecule has 2 heterocycles. The number of carbonyl (C=O) groups excluding carboxylic acids is 1. The first kappa shape index (κ1) is 14.6. The number of aromatic nitrogens is 1. The van der Waals surface area contributed by atoms with Gasteiger partial charge in [-0.3, -0.25) is 4.79 Å². The fourth-order valence-corrected chi connectivity index (χ4v) is 5.30. The van der Waals surface area contributed by atoms with Crippen LogP contribution < -0.4 is 11.5 Å². The van der Waals surface area contributed by atoms with Gasteiger partial charge in [-0.2, -0.15) is 4.37 Å². The Morgan fingerprint density at radius 2 is 2.14 bits per heavy atom. The molecule has 0 aliphatic heterocycles. The number of thiophene rings is 1. The van der Waals surface area contributed by atoms with E-state index >= 15 is 0 Å². The second-order valence-electron chi connectivity index (χ2n) is 4.24. The highest BCUT2D eigenvalue weighted by molar-refractivity contribution is 8.00. The van der Waals surface area contributed by atoms with Gasteiger partial charge in [0.2, 0.25) is 0 Å². The lowest BCUT2D eigenvalue weighted by atomic mass is 10.2. The van der Waals surface area contributed by atoms with Crippen LogP contribution in [-0.4, -0.2) is 10.3 Å². The van der Waals surface area contributed by atoms with Crippen LogP contribution in [-0.2, 0) is 5.75 Å². The van der Waals surface area contributed by atoms with Gasteiger partial charge in [-0.1, -0.05) is 29.8 Å². The zero-order valence-electron chi connectivity index (χ0n) is 10.6. The van der Waals surface area contributed by atoms with Crippen molar-refractivity contribution in [1.82, 2.24) is 4.37 Å². The van der Waals surface area contributed by atoms with Crippen molar-refractivity contribution >= 4 is 68.0 Å². The number of nitrogens with two attached hydrogens (primary N) is 2. The van der Waals surface area contributed by atoms with Crippen molar-refractivity contribution in [2.24, 2.45) is 5.73 Å². The summed E-state index contributed by atoms with van der Waals surface area (Å²) in [6, 6.07) is 7.70. The summed E-state index contributed by atoms with van der Waals surface area (Å²) in [6.07, 6.45) is 0. The van der Waals surface area contributed by atoms with E-state index in [1.165, 1.54) is 22.9 Å². The average Bonchev–Trinajstić information content (AvgIpc) is 2.99. The number of thioether (sulfide) groups is 1. The van der Waals surface area contributed by atoms with Gasteiger partial charge in [-0.15, -0.1) is 23.1 Å². The summed E-state index contributed by atoms with van der Waals surface area (Å²) in [5.41, 5.74) is 12.8. The molecular weight excluding hydrogens is 346 g/mol. The number of benzene rings is 1. The molecule has 108 valence electrons. The Balaban J connectivity index is 1.91. The van der Waals surface area contributed by atoms with Gasteiger partial charge in [-0.05, 0) is 23.2 Å². The van der Waals surface area contributed by atoms with E-state index in [0.29, 0.717) is 10.6 Å². The quantitative estimate of drug-likeness (QED) is 0.693. The molecule has 0 saturated carbocycles. The number of amides is 1. The number of hydrogen-bond acceptors (Lipinski definition) is 6. The monoisotopic (exact) mass is 355 g/mol. The van der Waals surface area contributed by atoms with Crippen LogP contribution in [0.5, 0.6) is 0 Å². The van der Waals surface area contributed by atoms with Gasteiger partial charge in [-0.25, -0.2) is 0 Å². The molecule has 4 nitrogen and oxygen atoms in total. The van der Waals surface area contributed by atoms with Crippen LogP contribution >= 0.6 is 46.2 Å². The van der Waals surface area contributed by atoms with Gasteiger partial charge in [0.25, 0.3) is 5.91 Å². The van der Waals surface area contributed by atoms with Gasteiger partial charge >= 0.3 is 0 Å². The van der Waals surface area contributed by atoms with Gasteiger partial charge in [0.15, 0.2) is 0 Å². The molecule has 0 aliphatic rings. The fraction of sp³-hybridized carbons (Fsp3) is 0.0769. The van der Waals surface area contributed by atoms with Crippen molar-refractivity contribution in [3.63, 3.8) is 0 Å². The molecule has 0 unspecified atom stereocenters. The molecular formula is C13H10ClN3OS3. The number of nitrogen functional groups attached to an aromatic ring is 1. The minimum atomic E-state index is -0.512. The molecule has 8 heteroatoms. The topological polar surface area (TPSA) is 82.0 Å². The third-order valence-electron chi connectivity index (χ3n) is 2.88. The highest BCUT2D eigenvalue weighted by Crippen LogP contribution is 2.43. The predicted molar refractivity (Wildman–Crippen MR) is 91.4 cm³/mol. The van der Waals surface area contributed by atoms with E-state index in [0.717, 1.165) is 30.8 Å². The summed E-state index contributed by atoms with van der Waals surface area (Å²) in [7, 11) is 0. The van der Waals surface area contributed by atoms with Crippen molar-refractivity contribution in [2.75, 3.05) is 5.73 Å². The second kappa shape index (κ2) is 5.84. The Labute approximate surface area is 138 Å². The average molecular weight is 356 g/mol. The van der Waals surface area contributed by atoms with Crippen molar-refractivity contribution in [3.05, 3.63) is 39.7 Å². The summed E-state index contributed by atoms with van der Waals surface area (Å²) >= 11 is 10.4. The van der Waals surface area contributed by atoms with E-state index in [-0.39, 0.29) is 0 Å². The molecule has 0 aliphatic carbocycles. The lowest BCUT2D eigenvalue weighted by Crippen LogP contribution is -2.10. The summed E-state index contributed by atoms with van der Waals surface area (Å²) < 4.78 is 5.31. The van der Waals surface area contributed by atoms with Crippen molar-refractivity contribution < 1.29 is 4.79 Å². The number of halogens is 1. The van der Waals surface area contributed by atoms with Gasteiger partial charge in [0.05, 0.1) is 15.3 Å². The van der Waals surface area contributed by atoms with Crippen LogP contribution in [0.3, 0.4) is 0 Å². The van der Waals surface area contributed by atoms with Crippen LogP contribution in [0.25, 0.3) is 10.2 Å². The number of hydrogen-bond donors (Lipinski definition) is 2. The number of fused-ring (bicyclic) bond motifs is 1.